The molecule has 0 aliphatic carbocycles. The molecular weight excluding hydrogens is 272 g/mol. The molecule has 1 N–H and O–H groups in total. The van der Waals surface area contributed by atoms with Crippen molar-refractivity contribution in [1.82, 2.24) is 5.32 Å². The second-order valence-electron chi connectivity index (χ2n) is 4.73. The normalized spacial score (nSPS) is 19.5. The summed E-state index contributed by atoms with van der Waals surface area (Å²) in [5.74, 6) is 0.0961. The molecule has 1 aliphatic heterocycles. The van der Waals surface area contributed by atoms with E-state index in [0.29, 0.717) is 6.04 Å². The second-order valence-corrected chi connectivity index (χ2v) is 4.73. The zero-order valence-corrected chi connectivity index (χ0v) is 13.1. The molecule has 1 rings (SSSR count). The molecule has 6 heteroatoms. The number of hydrogen-bond donors (Lipinski definition) is 1. The van der Waals surface area contributed by atoms with Gasteiger partial charge in [-0.15, -0.1) is 24.8 Å². The third kappa shape index (κ3) is 7.50. The smallest absolute Gasteiger partial charge is 0.325 e. The summed E-state index contributed by atoms with van der Waals surface area (Å²) in [6.45, 7) is 3.30. The third-order valence-electron chi connectivity index (χ3n) is 3.47. The first kappa shape index (κ1) is 20.4. The molecule has 108 valence electrons. The summed E-state index contributed by atoms with van der Waals surface area (Å²) in [6, 6.07) is 0.633. The molecule has 0 aromatic heterocycles. The molecule has 0 bridgehead atoms. The number of halogens is 2. The lowest BCUT2D eigenvalue weighted by molar-refractivity contribution is -0.139. The average Bonchev–Trinajstić information content (AvgIpc) is 2.81. The fourth-order valence-corrected chi connectivity index (χ4v) is 2.40. The lowest BCUT2D eigenvalue weighted by Gasteiger charge is -2.17. The highest BCUT2D eigenvalue weighted by molar-refractivity contribution is 6.05. The number of unbranched alkanes of at least 4 members (excludes halogenated alkanes) is 1. The Morgan fingerprint density at radius 3 is 2.67 bits per heavy atom. The summed E-state index contributed by atoms with van der Waals surface area (Å²) < 4.78 is 4.87. The monoisotopic (exact) mass is 297 g/mol. The van der Waals surface area contributed by atoms with E-state index in [1.165, 1.54) is 20.9 Å². The van der Waals surface area contributed by atoms with E-state index >= 15 is 0 Å². The Bertz CT molecular complexity index is 214. The van der Waals surface area contributed by atoms with Crippen LogP contribution in [0.2, 0.25) is 0 Å². The first-order valence-electron chi connectivity index (χ1n) is 6.59. The number of carbonyl (C=O) groups excluding carboxylic acids is 1. The van der Waals surface area contributed by atoms with Gasteiger partial charge in [-0.2, -0.15) is 0 Å². The molecule has 1 saturated heterocycles. The SMILES string of the molecule is BOC(=O)C(CCCC)CC[C@H]1CCCN1.Cl.Cl. The summed E-state index contributed by atoms with van der Waals surface area (Å²) in [5.41, 5.74) is 0. The van der Waals surface area contributed by atoms with Crippen molar-refractivity contribution in [3.8, 4) is 0 Å². The van der Waals surface area contributed by atoms with Gasteiger partial charge in [-0.05, 0) is 38.6 Å². The van der Waals surface area contributed by atoms with E-state index in [4.69, 9.17) is 4.65 Å². The number of nitrogens with one attached hydrogen (secondary N) is 1. The fraction of sp³-hybridized carbons (Fsp3) is 0.917. The zero-order chi connectivity index (χ0) is 11.8. The largest absolute Gasteiger partial charge is 0.543 e. The first-order chi connectivity index (χ1) is 7.77. The van der Waals surface area contributed by atoms with Crippen LogP contribution in [0.25, 0.3) is 0 Å². The molecule has 0 amide bonds. The highest BCUT2D eigenvalue weighted by Crippen LogP contribution is 2.20. The molecule has 3 nitrogen and oxygen atoms in total. The van der Waals surface area contributed by atoms with Crippen LogP contribution in [-0.4, -0.2) is 26.6 Å². The van der Waals surface area contributed by atoms with Gasteiger partial charge in [0.2, 0.25) is 0 Å². The molecule has 1 aliphatic rings. The van der Waals surface area contributed by atoms with Gasteiger partial charge in [0.1, 0.15) is 0 Å². The number of hydrogen-bond acceptors (Lipinski definition) is 3. The van der Waals surface area contributed by atoms with Crippen LogP contribution in [0.4, 0.5) is 0 Å². The molecule has 1 heterocycles. The second kappa shape index (κ2) is 12.1. The standard InChI is InChI=1S/C12H24BNO2.2ClH/c1-2-3-5-10(12(15)16-13)7-8-11-6-4-9-14-11;;/h10-11,14H,2-9,13H2,1H3;2*1H/t10?,11-;;/m1../s1. The van der Waals surface area contributed by atoms with Crippen LogP contribution in [-0.2, 0) is 9.45 Å². The van der Waals surface area contributed by atoms with Crippen molar-refractivity contribution < 1.29 is 9.45 Å². The highest BCUT2D eigenvalue weighted by atomic mass is 35.5. The summed E-state index contributed by atoms with van der Waals surface area (Å²) in [4.78, 5) is 11.6. The van der Waals surface area contributed by atoms with Crippen molar-refractivity contribution in [1.29, 1.82) is 0 Å². The van der Waals surface area contributed by atoms with E-state index in [0.717, 1.165) is 38.6 Å². The van der Waals surface area contributed by atoms with Crippen LogP contribution in [0.5, 0.6) is 0 Å². The lowest BCUT2D eigenvalue weighted by atomic mass is 9.94. The van der Waals surface area contributed by atoms with Gasteiger partial charge < -0.3 is 9.97 Å². The summed E-state index contributed by atoms with van der Waals surface area (Å²) in [7, 11) is 1.50. The van der Waals surface area contributed by atoms with Crippen molar-refractivity contribution >= 4 is 38.8 Å². The minimum atomic E-state index is -0.0218. The van der Waals surface area contributed by atoms with Crippen LogP contribution in [0.3, 0.4) is 0 Å². The van der Waals surface area contributed by atoms with E-state index in [9.17, 15) is 4.79 Å². The van der Waals surface area contributed by atoms with Gasteiger partial charge >= 0.3 is 8.05 Å². The highest BCUT2D eigenvalue weighted by Gasteiger charge is 2.21. The molecule has 1 unspecified atom stereocenters. The van der Waals surface area contributed by atoms with Crippen LogP contribution in [0, 0.1) is 5.92 Å². The van der Waals surface area contributed by atoms with Crippen molar-refractivity contribution in [2.24, 2.45) is 5.92 Å². The predicted molar refractivity (Wildman–Crippen MR) is 82.4 cm³/mol. The predicted octanol–water partition coefficient (Wildman–Crippen LogP) is 2.26. The molecule has 2 atom stereocenters. The van der Waals surface area contributed by atoms with Crippen LogP contribution >= 0.6 is 24.8 Å². The first-order valence-corrected chi connectivity index (χ1v) is 6.59. The maximum absolute atomic E-state index is 11.6. The van der Waals surface area contributed by atoms with E-state index in [-0.39, 0.29) is 36.7 Å². The third-order valence-corrected chi connectivity index (χ3v) is 3.47. The minimum absolute atomic E-state index is 0. The Morgan fingerprint density at radius 1 is 1.44 bits per heavy atom. The molecule has 0 aromatic rings. The van der Waals surface area contributed by atoms with Crippen molar-refractivity contribution in [2.75, 3.05) is 6.54 Å². The summed E-state index contributed by atoms with van der Waals surface area (Å²) in [5, 5.41) is 3.47. The van der Waals surface area contributed by atoms with E-state index in [1.54, 1.807) is 0 Å². The molecule has 1 fully saturated rings. The Kier molecular flexibility index (Phi) is 13.7. The summed E-state index contributed by atoms with van der Waals surface area (Å²) in [6.07, 6.45) is 7.89. The molecule has 0 spiro atoms. The zero-order valence-electron chi connectivity index (χ0n) is 11.4. The van der Waals surface area contributed by atoms with Gasteiger partial charge in [0.05, 0.1) is 5.92 Å². The Morgan fingerprint density at radius 2 is 2.17 bits per heavy atom. The van der Waals surface area contributed by atoms with E-state index in [1.807, 2.05) is 0 Å². The van der Waals surface area contributed by atoms with Crippen LogP contribution in [0.1, 0.15) is 51.9 Å². The number of rotatable bonds is 7. The maximum atomic E-state index is 11.6. The van der Waals surface area contributed by atoms with Crippen LogP contribution in [0.15, 0.2) is 0 Å². The lowest BCUT2D eigenvalue weighted by Crippen LogP contribution is -2.24. The van der Waals surface area contributed by atoms with E-state index in [2.05, 4.69) is 12.2 Å². The fourth-order valence-electron chi connectivity index (χ4n) is 2.40. The van der Waals surface area contributed by atoms with Crippen LogP contribution < -0.4 is 5.32 Å². The Hall–Kier alpha value is 0.0749. The Labute approximate surface area is 124 Å². The molecule has 18 heavy (non-hydrogen) atoms. The molecule has 0 radical (unpaired) electrons. The number of carbonyl (C=O) groups is 1. The quantitative estimate of drug-likeness (QED) is 0.733. The molecule has 0 aromatic carbocycles. The van der Waals surface area contributed by atoms with Gasteiger partial charge in [0.25, 0.3) is 5.97 Å². The van der Waals surface area contributed by atoms with E-state index < -0.39 is 0 Å². The molecular formula is C12H26BCl2NO2. The molecule has 0 saturated carbocycles. The maximum Gasteiger partial charge on any atom is 0.325 e. The van der Waals surface area contributed by atoms with Gasteiger partial charge in [-0.3, -0.25) is 4.79 Å². The van der Waals surface area contributed by atoms with Gasteiger partial charge in [-0.1, -0.05) is 19.8 Å². The van der Waals surface area contributed by atoms with Gasteiger partial charge in [0, 0.05) is 6.04 Å². The van der Waals surface area contributed by atoms with Gasteiger partial charge in [0.15, 0.2) is 0 Å². The topological polar surface area (TPSA) is 38.3 Å². The average molecular weight is 298 g/mol. The van der Waals surface area contributed by atoms with Crippen molar-refractivity contribution in [2.45, 2.75) is 57.9 Å². The Balaban J connectivity index is 0. The van der Waals surface area contributed by atoms with Crippen molar-refractivity contribution in [3.05, 3.63) is 0 Å². The summed E-state index contributed by atoms with van der Waals surface area (Å²) >= 11 is 0. The van der Waals surface area contributed by atoms with Gasteiger partial charge in [-0.25, -0.2) is 0 Å². The minimum Gasteiger partial charge on any atom is -0.543 e. The van der Waals surface area contributed by atoms with Crippen molar-refractivity contribution in [3.63, 3.8) is 0 Å².